The predicted octanol–water partition coefficient (Wildman–Crippen LogP) is 3.19. The van der Waals surface area contributed by atoms with Gasteiger partial charge in [-0.2, -0.15) is 5.10 Å². The van der Waals surface area contributed by atoms with Gasteiger partial charge in [0.2, 0.25) is 5.91 Å². The molecule has 1 aliphatic rings. The molecule has 0 saturated heterocycles. The topological polar surface area (TPSA) is 38.1 Å². The van der Waals surface area contributed by atoms with Gasteiger partial charge < -0.3 is 4.90 Å². The summed E-state index contributed by atoms with van der Waals surface area (Å²) >= 11 is 0. The van der Waals surface area contributed by atoms with Gasteiger partial charge in [-0.25, -0.2) is 4.68 Å². The van der Waals surface area contributed by atoms with Crippen LogP contribution in [0.15, 0.2) is 54.9 Å². The molecule has 114 valence electrons. The lowest BCUT2D eigenvalue weighted by Crippen LogP contribution is -2.32. The molecule has 0 aliphatic heterocycles. The summed E-state index contributed by atoms with van der Waals surface area (Å²) in [4.78, 5) is 14.3. The highest BCUT2D eigenvalue weighted by molar-refractivity contribution is 5.78. The normalized spacial score (nSPS) is 17.4. The van der Waals surface area contributed by atoms with Crippen molar-refractivity contribution in [3.63, 3.8) is 0 Å². The van der Waals surface area contributed by atoms with Gasteiger partial charge in [-0.15, -0.1) is 0 Å². The number of carbonyl (C=O) groups excluding carboxylic acids is 1. The van der Waals surface area contributed by atoms with Crippen LogP contribution in [0, 0.1) is 5.92 Å². The third-order valence-corrected chi connectivity index (χ3v) is 4.12. The number of hydrogen-bond donors (Lipinski definition) is 0. The number of allylic oxidation sites excluding steroid dienone is 2. The maximum Gasteiger partial charge on any atom is 0.226 e. The van der Waals surface area contributed by atoms with E-state index in [-0.39, 0.29) is 11.8 Å². The van der Waals surface area contributed by atoms with Crippen molar-refractivity contribution in [2.45, 2.75) is 25.8 Å². The SMILES string of the molecule is CN(Cc1ccc(-n2cccn2)cc1)C(=O)[C@H]1CC=CCC1. The van der Waals surface area contributed by atoms with Crippen molar-refractivity contribution in [1.82, 2.24) is 14.7 Å². The second kappa shape index (κ2) is 6.60. The Morgan fingerprint density at radius 1 is 1.32 bits per heavy atom. The highest BCUT2D eigenvalue weighted by Gasteiger charge is 2.22. The molecular weight excluding hydrogens is 274 g/mol. The summed E-state index contributed by atoms with van der Waals surface area (Å²) in [5.74, 6) is 0.402. The fourth-order valence-corrected chi connectivity index (χ4v) is 2.86. The highest BCUT2D eigenvalue weighted by atomic mass is 16.2. The van der Waals surface area contributed by atoms with Gasteiger partial charge in [-0.3, -0.25) is 4.79 Å². The quantitative estimate of drug-likeness (QED) is 0.813. The summed E-state index contributed by atoms with van der Waals surface area (Å²) < 4.78 is 1.83. The number of carbonyl (C=O) groups is 1. The Morgan fingerprint density at radius 3 is 2.77 bits per heavy atom. The van der Waals surface area contributed by atoms with E-state index in [9.17, 15) is 4.79 Å². The number of aromatic nitrogens is 2. The predicted molar refractivity (Wildman–Crippen MR) is 86.5 cm³/mol. The zero-order chi connectivity index (χ0) is 15.4. The molecule has 22 heavy (non-hydrogen) atoms. The fraction of sp³-hybridized carbons (Fsp3) is 0.333. The molecule has 3 rings (SSSR count). The molecule has 4 nitrogen and oxygen atoms in total. The highest BCUT2D eigenvalue weighted by Crippen LogP contribution is 2.21. The summed E-state index contributed by atoms with van der Waals surface area (Å²) in [6, 6.07) is 10.1. The smallest absolute Gasteiger partial charge is 0.226 e. The van der Waals surface area contributed by atoms with Crippen LogP contribution in [0.5, 0.6) is 0 Å². The first-order chi connectivity index (χ1) is 10.7. The Hall–Kier alpha value is -2.36. The Morgan fingerprint density at radius 2 is 2.14 bits per heavy atom. The van der Waals surface area contributed by atoms with Gasteiger partial charge in [0.15, 0.2) is 0 Å². The van der Waals surface area contributed by atoms with E-state index in [1.54, 1.807) is 6.20 Å². The average Bonchev–Trinajstić information content (AvgIpc) is 3.10. The van der Waals surface area contributed by atoms with Crippen LogP contribution in [0.1, 0.15) is 24.8 Å². The van der Waals surface area contributed by atoms with Crippen molar-refractivity contribution in [1.29, 1.82) is 0 Å². The van der Waals surface area contributed by atoms with Gasteiger partial charge in [-0.05, 0) is 43.0 Å². The van der Waals surface area contributed by atoms with Crippen LogP contribution >= 0.6 is 0 Å². The molecule has 1 atom stereocenters. The molecule has 1 aliphatic carbocycles. The van der Waals surface area contributed by atoms with Gasteiger partial charge in [0, 0.05) is 31.9 Å². The molecule has 0 radical (unpaired) electrons. The van der Waals surface area contributed by atoms with Gasteiger partial charge in [0.25, 0.3) is 0 Å². The van der Waals surface area contributed by atoms with E-state index in [1.165, 1.54) is 0 Å². The summed E-state index contributed by atoms with van der Waals surface area (Å²) in [6.07, 6.45) is 10.8. The van der Waals surface area contributed by atoms with Crippen LogP contribution in [0.2, 0.25) is 0 Å². The minimum Gasteiger partial charge on any atom is -0.341 e. The van der Waals surface area contributed by atoms with Crippen LogP contribution in [-0.4, -0.2) is 27.6 Å². The van der Waals surface area contributed by atoms with E-state index in [1.807, 2.05) is 41.0 Å². The van der Waals surface area contributed by atoms with Crippen molar-refractivity contribution in [2.75, 3.05) is 7.05 Å². The monoisotopic (exact) mass is 295 g/mol. The van der Waals surface area contributed by atoms with Gasteiger partial charge in [-0.1, -0.05) is 24.3 Å². The minimum atomic E-state index is 0.151. The molecule has 1 amide bonds. The minimum absolute atomic E-state index is 0.151. The van der Waals surface area contributed by atoms with Crippen LogP contribution < -0.4 is 0 Å². The zero-order valence-electron chi connectivity index (χ0n) is 12.9. The first-order valence-corrected chi connectivity index (χ1v) is 7.73. The van der Waals surface area contributed by atoms with Gasteiger partial charge in [0.1, 0.15) is 0 Å². The van der Waals surface area contributed by atoms with Gasteiger partial charge in [0.05, 0.1) is 5.69 Å². The first-order valence-electron chi connectivity index (χ1n) is 7.73. The van der Waals surface area contributed by atoms with Crippen LogP contribution in [-0.2, 0) is 11.3 Å². The largest absolute Gasteiger partial charge is 0.341 e. The Balaban J connectivity index is 1.62. The van der Waals surface area contributed by atoms with Crippen LogP contribution in [0.3, 0.4) is 0 Å². The molecule has 0 N–H and O–H groups in total. The van der Waals surface area contributed by atoms with E-state index in [0.717, 1.165) is 30.5 Å². The fourth-order valence-electron chi connectivity index (χ4n) is 2.86. The summed E-state index contributed by atoms with van der Waals surface area (Å²) in [5, 5.41) is 4.21. The van der Waals surface area contributed by atoms with Crippen LogP contribution in [0.4, 0.5) is 0 Å². The Kier molecular flexibility index (Phi) is 4.37. The number of rotatable bonds is 4. The summed E-state index contributed by atoms with van der Waals surface area (Å²) in [5.41, 5.74) is 2.17. The van der Waals surface area contributed by atoms with E-state index in [0.29, 0.717) is 6.54 Å². The molecular formula is C18H21N3O. The molecule has 2 aromatic rings. The lowest BCUT2D eigenvalue weighted by atomic mass is 9.93. The van der Waals surface area contributed by atoms with Crippen molar-refractivity contribution in [3.8, 4) is 5.69 Å². The Bertz CT molecular complexity index is 643. The van der Waals surface area contributed by atoms with Crippen molar-refractivity contribution in [2.24, 2.45) is 5.92 Å². The number of hydrogen-bond acceptors (Lipinski definition) is 2. The Labute approximate surface area is 131 Å². The average molecular weight is 295 g/mol. The lowest BCUT2D eigenvalue weighted by molar-refractivity contribution is -0.135. The molecule has 0 spiro atoms. The van der Waals surface area contributed by atoms with E-state index < -0.39 is 0 Å². The molecule has 0 unspecified atom stereocenters. The molecule has 0 fully saturated rings. The molecule has 4 heteroatoms. The first kappa shape index (κ1) is 14.6. The molecule has 0 bridgehead atoms. The number of nitrogens with zero attached hydrogens (tertiary/aromatic N) is 3. The summed E-state index contributed by atoms with van der Waals surface area (Å²) in [7, 11) is 1.89. The molecule has 1 heterocycles. The maximum absolute atomic E-state index is 12.4. The van der Waals surface area contributed by atoms with E-state index in [4.69, 9.17) is 0 Å². The maximum atomic E-state index is 12.4. The third-order valence-electron chi connectivity index (χ3n) is 4.12. The molecule has 1 aromatic carbocycles. The lowest BCUT2D eigenvalue weighted by Gasteiger charge is -2.24. The molecule has 1 aromatic heterocycles. The van der Waals surface area contributed by atoms with E-state index in [2.05, 4.69) is 29.4 Å². The van der Waals surface area contributed by atoms with Crippen molar-refractivity contribution < 1.29 is 4.79 Å². The summed E-state index contributed by atoms with van der Waals surface area (Å²) in [6.45, 7) is 0.651. The second-order valence-corrected chi connectivity index (χ2v) is 5.79. The number of benzene rings is 1. The standard InChI is InChI=1S/C18H21N3O/c1-20(18(22)16-6-3-2-4-7-16)14-15-8-10-17(11-9-15)21-13-5-12-19-21/h2-3,5,8-13,16H,4,6-7,14H2,1H3/t16-/m0/s1. The van der Waals surface area contributed by atoms with Crippen molar-refractivity contribution in [3.05, 3.63) is 60.4 Å². The molecule has 0 saturated carbocycles. The zero-order valence-corrected chi connectivity index (χ0v) is 12.9. The van der Waals surface area contributed by atoms with Gasteiger partial charge >= 0.3 is 0 Å². The number of amides is 1. The van der Waals surface area contributed by atoms with E-state index >= 15 is 0 Å². The van der Waals surface area contributed by atoms with Crippen molar-refractivity contribution >= 4 is 5.91 Å². The second-order valence-electron chi connectivity index (χ2n) is 5.79. The third kappa shape index (κ3) is 3.27. The van der Waals surface area contributed by atoms with Crippen LogP contribution in [0.25, 0.3) is 5.69 Å².